The largest absolute Gasteiger partial charge is 0.464 e. The van der Waals surface area contributed by atoms with Crippen LogP contribution in [-0.2, 0) is 4.74 Å². The van der Waals surface area contributed by atoms with Crippen molar-refractivity contribution in [3.8, 4) is 0 Å². The zero-order chi connectivity index (χ0) is 14.7. The number of anilines is 3. The highest BCUT2D eigenvalue weighted by Gasteiger charge is 2.11. The number of pyridine rings is 1. The monoisotopic (exact) mass is 335 g/mol. The van der Waals surface area contributed by atoms with Gasteiger partial charge in [-0.05, 0) is 36.8 Å². The van der Waals surface area contributed by atoms with Crippen LogP contribution in [0.25, 0.3) is 0 Å². The molecule has 1 aromatic heterocycles. The van der Waals surface area contributed by atoms with Crippen LogP contribution < -0.4 is 11.1 Å². The molecule has 1 heterocycles. The minimum atomic E-state index is -0.501. The van der Waals surface area contributed by atoms with Crippen molar-refractivity contribution in [2.75, 3.05) is 18.2 Å². The summed E-state index contributed by atoms with van der Waals surface area (Å²) < 4.78 is 5.62. The van der Waals surface area contributed by atoms with E-state index in [0.717, 1.165) is 15.7 Å². The number of nitrogens with one attached hydrogen (secondary N) is 1. The fourth-order valence-electron chi connectivity index (χ4n) is 1.66. The maximum Gasteiger partial charge on any atom is 0.356 e. The Kier molecular flexibility index (Phi) is 4.24. The molecule has 0 unspecified atom stereocenters. The maximum atomic E-state index is 11.5. The highest BCUT2D eigenvalue weighted by molar-refractivity contribution is 9.10. The summed E-state index contributed by atoms with van der Waals surface area (Å²) in [6.07, 6.45) is 0. The molecule has 2 aromatic rings. The van der Waals surface area contributed by atoms with Crippen molar-refractivity contribution in [3.05, 3.63) is 46.1 Å². The number of rotatable bonds is 3. The number of nitrogen functional groups attached to an aromatic ring is 1. The second-order valence-corrected chi connectivity index (χ2v) is 5.02. The number of halogens is 1. The molecule has 0 saturated heterocycles. The predicted octanol–water partition coefficient (Wildman–Crippen LogP) is 3.26. The summed E-state index contributed by atoms with van der Waals surface area (Å²) in [5.74, 6) is -0.0758. The highest BCUT2D eigenvalue weighted by atomic mass is 79.9. The second-order valence-electron chi connectivity index (χ2n) is 4.16. The van der Waals surface area contributed by atoms with E-state index in [-0.39, 0.29) is 5.69 Å². The lowest BCUT2D eigenvalue weighted by atomic mass is 10.2. The first-order valence-electron chi connectivity index (χ1n) is 5.90. The lowest BCUT2D eigenvalue weighted by Crippen LogP contribution is -2.08. The molecule has 0 amide bonds. The van der Waals surface area contributed by atoms with Crippen molar-refractivity contribution in [1.82, 2.24) is 4.98 Å². The molecule has 6 heteroatoms. The smallest absolute Gasteiger partial charge is 0.356 e. The molecule has 3 N–H and O–H groups in total. The predicted molar refractivity (Wildman–Crippen MR) is 82.2 cm³/mol. The van der Waals surface area contributed by atoms with E-state index in [4.69, 9.17) is 5.73 Å². The van der Waals surface area contributed by atoms with Crippen LogP contribution in [0.15, 0.2) is 34.8 Å². The summed E-state index contributed by atoms with van der Waals surface area (Å²) in [6.45, 7) is 1.97. The number of carbonyl (C=O) groups is 1. The van der Waals surface area contributed by atoms with Crippen molar-refractivity contribution in [3.63, 3.8) is 0 Å². The van der Waals surface area contributed by atoms with E-state index in [2.05, 4.69) is 31.0 Å². The Morgan fingerprint density at radius 2 is 2.10 bits per heavy atom. The van der Waals surface area contributed by atoms with Crippen LogP contribution in [0.5, 0.6) is 0 Å². The molecule has 1 aromatic carbocycles. The summed E-state index contributed by atoms with van der Waals surface area (Å²) in [6, 6.07) is 8.91. The van der Waals surface area contributed by atoms with Crippen LogP contribution in [0, 0.1) is 6.92 Å². The van der Waals surface area contributed by atoms with E-state index < -0.39 is 5.97 Å². The van der Waals surface area contributed by atoms with Gasteiger partial charge in [0.2, 0.25) is 0 Å². The number of ether oxygens (including phenoxy) is 1. The van der Waals surface area contributed by atoms with E-state index in [1.165, 1.54) is 13.2 Å². The number of benzene rings is 1. The van der Waals surface area contributed by atoms with Crippen molar-refractivity contribution in [2.45, 2.75) is 6.92 Å². The Morgan fingerprint density at radius 1 is 1.35 bits per heavy atom. The van der Waals surface area contributed by atoms with Gasteiger partial charge in [-0.15, -0.1) is 0 Å². The van der Waals surface area contributed by atoms with E-state index in [1.54, 1.807) is 6.07 Å². The molecule has 0 aliphatic rings. The van der Waals surface area contributed by atoms with E-state index in [0.29, 0.717) is 11.5 Å². The fraction of sp³-hybridized carbons (Fsp3) is 0.143. The van der Waals surface area contributed by atoms with Gasteiger partial charge < -0.3 is 15.8 Å². The Hall–Kier alpha value is -2.08. The van der Waals surface area contributed by atoms with Gasteiger partial charge in [-0.2, -0.15) is 0 Å². The molecule has 0 radical (unpaired) electrons. The zero-order valence-corrected chi connectivity index (χ0v) is 12.7. The van der Waals surface area contributed by atoms with Crippen molar-refractivity contribution in [1.29, 1.82) is 0 Å². The number of nitrogens with zero attached hydrogens (tertiary/aromatic N) is 1. The van der Waals surface area contributed by atoms with Gasteiger partial charge in [0.15, 0.2) is 11.5 Å². The molecule has 20 heavy (non-hydrogen) atoms. The molecule has 0 aliphatic heterocycles. The van der Waals surface area contributed by atoms with Gasteiger partial charge in [-0.1, -0.05) is 22.0 Å². The molecular formula is C14H14BrN3O2. The number of esters is 1. The van der Waals surface area contributed by atoms with Crippen molar-refractivity contribution in [2.24, 2.45) is 0 Å². The van der Waals surface area contributed by atoms with Crippen LogP contribution in [0.4, 0.5) is 17.2 Å². The quantitative estimate of drug-likeness (QED) is 0.842. The van der Waals surface area contributed by atoms with Crippen LogP contribution in [0.1, 0.15) is 16.1 Å². The molecule has 0 spiro atoms. The van der Waals surface area contributed by atoms with Gasteiger partial charge in [0.25, 0.3) is 0 Å². The van der Waals surface area contributed by atoms with Crippen LogP contribution >= 0.6 is 15.9 Å². The first kappa shape index (κ1) is 14.3. The standard InChI is InChI=1S/C14H14BrN3O2/c1-8-9(15)4-3-5-11(8)17-13-10(16)6-7-12(18-13)14(19)20-2/h3-7H,16H2,1-2H3,(H,17,18). The van der Waals surface area contributed by atoms with Gasteiger partial charge in [-0.25, -0.2) is 9.78 Å². The minimum Gasteiger partial charge on any atom is -0.464 e. The molecule has 0 saturated carbocycles. The highest BCUT2D eigenvalue weighted by Crippen LogP contribution is 2.28. The number of hydrogen-bond acceptors (Lipinski definition) is 5. The van der Waals surface area contributed by atoms with Crippen LogP contribution in [-0.4, -0.2) is 18.1 Å². The van der Waals surface area contributed by atoms with E-state index >= 15 is 0 Å². The third-order valence-corrected chi connectivity index (χ3v) is 3.70. The number of hydrogen-bond donors (Lipinski definition) is 2. The third-order valence-electron chi connectivity index (χ3n) is 2.84. The van der Waals surface area contributed by atoms with E-state index in [1.807, 2.05) is 25.1 Å². The molecule has 0 fully saturated rings. The number of aromatic nitrogens is 1. The molecule has 0 atom stereocenters. The Labute approximate surface area is 125 Å². The SMILES string of the molecule is COC(=O)c1ccc(N)c(Nc2cccc(Br)c2C)n1. The van der Waals surface area contributed by atoms with E-state index in [9.17, 15) is 4.79 Å². The van der Waals surface area contributed by atoms with Gasteiger partial charge >= 0.3 is 5.97 Å². The molecule has 5 nitrogen and oxygen atoms in total. The summed E-state index contributed by atoms with van der Waals surface area (Å²) in [7, 11) is 1.31. The van der Waals surface area contributed by atoms with Gasteiger partial charge in [0.1, 0.15) is 0 Å². The van der Waals surface area contributed by atoms with Gasteiger partial charge in [0.05, 0.1) is 12.8 Å². The average molecular weight is 336 g/mol. The Morgan fingerprint density at radius 3 is 2.80 bits per heavy atom. The molecule has 0 aliphatic carbocycles. The number of nitrogens with two attached hydrogens (primary N) is 1. The normalized spacial score (nSPS) is 10.2. The van der Waals surface area contributed by atoms with Crippen LogP contribution in [0.3, 0.4) is 0 Å². The summed E-state index contributed by atoms with van der Waals surface area (Å²) in [5, 5.41) is 3.13. The average Bonchev–Trinajstić information content (AvgIpc) is 2.45. The first-order valence-corrected chi connectivity index (χ1v) is 6.69. The summed E-state index contributed by atoms with van der Waals surface area (Å²) >= 11 is 3.46. The Bertz CT molecular complexity index is 659. The van der Waals surface area contributed by atoms with Gasteiger partial charge in [0, 0.05) is 10.2 Å². The zero-order valence-electron chi connectivity index (χ0n) is 11.1. The Balaban J connectivity index is 2.38. The summed E-state index contributed by atoms with van der Waals surface area (Å²) in [4.78, 5) is 15.7. The van der Waals surface area contributed by atoms with Crippen LogP contribution in [0.2, 0.25) is 0 Å². The number of methoxy groups -OCH3 is 1. The topological polar surface area (TPSA) is 77.2 Å². The minimum absolute atomic E-state index is 0.205. The molecular weight excluding hydrogens is 322 g/mol. The van der Waals surface area contributed by atoms with Crippen molar-refractivity contribution >= 4 is 39.1 Å². The molecule has 104 valence electrons. The third kappa shape index (κ3) is 2.91. The lowest BCUT2D eigenvalue weighted by Gasteiger charge is -2.12. The molecule has 0 bridgehead atoms. The second kappa shape index (κ2) is 5.92. The lowest BCUT2D eigenvalue weighted by molar-refractivity contribution is 0.0594. The maximum absolute atomic E-state index is 11.5. The molecule has 2 rings (SSSR count). The fourth-order valence-corrected chi connectivity index (χ4v) is 2.02. The summed E-state index contributed by atoms with van der Waals surface area (Å²) in [5.41, 5.74) is 8.43. The van der Waals surface area contributed by atoms with Gasteiger partial charge in [-0.3, -0.25) is 0 Å². The van der Waals surface area contributed by atoms with Crippen molar-refractivity contribution < 1.29 is 9.53 Å². The number of carbonyl (C=O) groups excluding carboxylic acids is 1. The first-order chi connectivity index (χ1) is 9.52.